The largest absolute Gasteiger partial charge is 0.479 e. The van der Waals surface area contributed by atoms with Crippen molar-refractivity contribution in [1.29, 1.82) is 0 Å². The van der Waals surface area contributed by atoms with Gasteiger partial charge in [-0.05, 0) is 24.1 Å². The lowest BCUT2D eigenvalue weighted by atomic mass is 9.89. The molecule has 0 bridgehead atoms. The number of hydrogen-bond acceptors (Lipinski definition) is 4. The molecule has 3 N–H and O–H groups in total. The Kier molecular flexibility index (Phi) is 2.67. The van der Waals surface area contributed by atoms with Gasteiger partial charge in [0, 0.05) is 0 Å². The normalized spacial score (nSPS) is 17.0. The van der Waals surface area contributed by atoms with Crippen LogP contribution in [0.4, 0.5) is 0 Å². The van der Waals surface area contributed by atoms with Crippen molar-refractivity contribution in [2.75, 3.05) is 0 Å². The van der Waals surface area contributed by atoms with E-state index in [1.165, 1.54) is 25.1 Å². The Morgan fingerprint density at radius 2 is 1.89 bits per heavy atom. The molecule has 0 spiro atoms. The van der Waals surface area contributed by atoms with E-state index in [-0.39, 0.29) is 23.1 Å². The van der Waals surface area contributed by atoms with Gasteiger partial charge < -0.3 is 10.2 Å². The monoisotopic (exact) mass is 249 g/mol. The highest BCUT2D eigenvalue weighted by molar-refractivity contribution is 6.21. The maximum atomic E-state index is 11.5. The zero-order valence-corrected chi connectivity index (χ0v) is 9.56. The van der Waals surface area contributed by atoms with Gasteiger partial charge in [-0.3, -0.25) is 14.9 Å². The molecule has 18 heavy (non-hydrogen) atoms. The van der Waals surface area contributed by atoms with Crippen LogP contribution in [0.15, 0.2) is 18.2 Å². The molecule has 0 aromatic heterocycles. The van der Waals surface area contributed by atoms with Gasteiger partial charge in [-0.15, -0.1) is 0 Å². The summed E-state index contributed by atoms with van der Waals surface area (Å²) in [6.07, 6.45) is -0.0450. The number of carboxylic acid groups (broad SMARTS) is 1. The summed E-state index contributed by atoms with van der Waals surface area (Å²) in [5.74, 6) is -2.49. The molecule has 1 aromatic rings. The molecule has 6 nitrogen and oxygen atoms in total. The minimum atomic E-state index is -2.05. The maximum absolute atomic E-state index is 11.5. The summed E-state index contributed by atoms with van der Waals surface area (Å²) in [7, 11) is 0. The second kappa shape index (κ2) is 3.92. The van der Waals surface area contributed by atoms with Gasteiger partial charge in [0.25, 0.3) is 11.8 Å². The number of aliphatic carboxylic acids is 1. The van der Waals surface area contributed by atoms with E-state index in [0.717, 1.165) is 0 Å². The Morgan fingerprint density at radius 3 is 2.44 bits per heavy atom. The average molecular weight is 249 g/mol. The quantitative estimate of drug-likeness (QED) is 0.666. The number of benzene rings is 1. The number of carbonyl (C=O) groups is 3. The minimum absolute atomic E-state index is 0.0450. The molecule has 6 heteroatoms. The standard InChI is InChI=1S/C12H11NO5/c1-2-12(18,11(16)17)6-3-4-7-8(5-6)10(15)13-9(7)14/h3-5,18H,2H2,1H3,(H,16,17)(H,13,14,15). The molecule has 0 aliphatic carbocycles. The fourth-order valence-corrected chi connectivity index (χ4v) is 1.90. The van der Waals surface area contributed by atoms with E-state index in [1.807, 2.05) is 0 Å². The molecule has 0 radical (unpaired) electrons. The molecular weight excluding hydrogens is 238 g/mol. The SMILES string of the molecule is CCC(O)(C(=O)O)c1ccc2c(c1)C(=O)NC2=O. The molecule has 2 rings (SSSR count). The Hall–Kier alpha value is -2.21. The Morgan fingerprint density at radius 1 is 1.28 bits per heavy atom. The number of hydrogen-bond donors (Lipinski definition) is 3. The molecule has 1 aliphatic rings. The smallest absolute Gasteiger partial charge is 0.340 e. The number of aliphatic hydroxyl groups is 1. The van der Waals surface area contributed by atoms with Crippen LogP contribution in [-0.2, 0) is 10.4 Å². The summed E-state index contributed by atoms with van der Waals surface area (Å²) in [6, 6.07) is 3.93. The molecule has 0 saturated carbocycles. The maximum Gasteiger partial charge on any atom is 0.340 e. The molecule has 0 saturated heterocycles. The molecule has 1 aliphatic heterocycles. The predicted molar refractivity (Wildman–Crippen MR) is 60.1 cm³/mol. The van der Waals surface area contributed by atoms with Gasteiger partial charge in [-0.1, -0.05) is 13.0 Å². The van der Waals surface area contributed by atoms with Crippen molar-refractivity contribution < 1.29 is 24.6 Å². The van der Waals surface area contributed by atoms with E-state index in [0.29, 0.717) is 0 Å². The van der Waals surface area contributed by atoms with Gasteiger partial charge in [0.2, 0.25) is 0 Å². The van der Waals surface area contributed by atoms with Crippen LogP contribution in [0.2, 0.25) is 0 Å². The van der Waals surface area contributed by atoms with Crippen molar-refractivity contribution in [3.05, 3.63) is 34.9 Å². The molecule has 1 heterocycles. The fraction of sp³-hybridized carbons (Fsp3) is 0.250. The lowest BCUT2D eigenvalue weighted by Gasteiger charge is -2.22. The number of imide groups is 1. The molecule has 2 amide bonds. The molecule has 1 unspecified atom stereocenters. The number of fused-ring (bicyclic) bond motifs is 1. The Labute approximate surface area is 102 Å². The van der Waals surface area contributed by atoms with Crippen molar-refractivity contribution in [2.24, 2.45) is 0 Å². The van der Waals surface area contributed by atoms with Crippen molar-refractivity contribution in [1.82, 2.24) is 5.32 Å². The van der Waals surface area contributed by atoms with Gasteiger partial charge in [-0.25, -0.2) is 4.79 Å². The van der Waals surface area contributed by atoms with E-state index >= 15 is 0 Å². The van der Waals surface area contributed by atoms with Crippen LogP contribution < -0.4 is 5.32 Å². The Bertz CT molecular complexity index is 566. The summed E-state index contributed by atoms with van der Waals surface area (Å²) in [5, 5.41) is 21.2. The second-order valence-electron chi connectivity index (χ2n) is 4.06. The summed E-state index contributed by atoms with van der Waals surface area (Å²) < 4.78 is 0. The lowest BCUT2D eigenvalue weighted by Crippen LogP contribution is -2.34. The van der Waals surface area contributed by atoms with Crippen LogP contribution in [0.3, 0.4) is 0 Å². The third-order valence-corrected chi connectivity index (χ3v) is 3.08. The minimum Gasteiger partial charge on any atom is -0.479 e. The first kappa shape index (κ1) is 12.3. The third-order valence-electron chi connectivity index (χ3n) is 3.08. The van der Waals surface area contributed by atoms with Crippen LogP contribution in [0.25, 0.3) is 0 Å². The molecule has 94 valence electrons. The predicted octanol–water partition coefficient (Wildman–Crippen LogP) is 0.252. The highest BCUT2D eigenvalue weighted by atomic mass is 16.4. The van der Waals surface area contributed by atoms with E-state index in [9.17, 15) is 19.5 Å². The number of amides is 2. The first-order valence-electron chi connectivity index (χ1n) is 5.36. The van der Waals surface area contributed by atoms with Crippen LogP contribution in [0, 0.1) is 0 Å². The van der Waals surface area contributed by atoms with Crippen molar-refractivity contribution >= 4 is 17.8 Å². The molecule has 1 atom stereocenters. The summed E-state index contributed by atoms with van der Waals surface area (Å²) in [4.78, 5) is 33.9. The van der Waals surface area contributed by atoms with Gasteiger partial charge in [0.15, 0.2) is 5.60 Å². The topological polar surface area (TPSA) is 104 Å². The summed E-state index contributed by atoms with van der Waals surface area (Å²) >= 11 is 0. The van der Waals surface area contributed by atoms with Crippen LogP contribution in [-0.4, -0.2) is 28.0 Å². The van der Waals surface area contributed by atoms with Crippen LogP contribution in [0.5, 0.6) is 0 Å². The van der Waals surface area contributed by atoms with Gasteiger partial charge in [0.05, 0.1) is 11.1 Å². The highest BCUT2D eigenvalue weighted by Gasteiger charge is 2.38. The number of carboxylic acids is 1. The van der Waals surface area contributed by atoms with Gasteiger partial charge >= 0.3 is 5.97 Å². The first-order chi connectivity index (χ1) is 8.40. The van der Waals surface area contributed by atoms with Crippen molar-refractivity contribution in [2.45, 2.75) is 18.9 Å². The van der Waals surface area contributed by atoms with E-state index in [1.54, 1.807) is 0 Å². The van der Waals surface area contributed by atoms with E-state index in [2.05, 4.69) is 5.32 Å². The number of nitrogens with one attached hydrogen (secondary N) is 1. The van der Waals surface area contributed by atoms with Crippen LogP contribution in [0.1, 0.15) is 39.6 Å². The van der Waals surface area contributed by atoms with Gasteiger partial charge in [0.1, 0.15) is 0 Å². The zero-order chi connectivity index (χ0) is 13.5. The zero-order valence-electron chi connectivity index (χ0n) is 9.56. The summed E-state index contributed by atoms with van der Waals surface area (Å²) in [5.41, 5.74) is -1.69. The molecule has 1 aromatic carbocycles. The summed E-state index contributed by atoms with van der Waals surface area (Å²) in [6.45, 7) is 1.52. The highest BCUT2D eigenvalue weighted by Crippen LogP contribution is 2.28. The van der Waals surface area contributed by atoms with Gasteiger partial charge in [-0.2, -0.15) is 0 Å². The van der Waals surface area contributed by atoms with Crippen molar-refractivity contribution in [3.63, 3.8) is 0 Å². The number of rotatable bonds is 3. The van der Waals surface area contributed by atoms with Crippen LogP contribution >= 0.6 is 0 Å². The molecule has 0 fully saturated rings. The lowest BCUT2D eigenvalue weighted by molar-refractivity contribution is -0.160. The third kappa shape index (κ3) is 1.58. The van der Waals surface area contributed by atoms with E-state index in [4.69, 9.17) is 5.11 Å². The van der Waals surface area contributed by atoms with E-state index < -0.39 is 23.4 Å². The van der Waals surface area contributed by atoms with Crippen molar-refractivity contribution in [3.8, 4) is 0 Å². The Balaban J connectivity index is 2.57. The fourth-order valence-electron chi connectivity index (χ4n) is 1.90. The number of carbonyl (C=O) groups excluding carboxylic acids is 2. The first-order valence-corrected chi connectivity index (χ1v) is 5.36. The average Bonchev–Trinajstić information content (AvgIpc) is 2.63. The molecular formula is C12H11NO5. The second-order valence-corrected chi connectivity index (χ2v) is 4.06.